The minimum Gasteiger partial charge on any atom is -0.456 e. The van der Waals surface area contributed by atoms with Crippen LogP contribution in [0.25, 0.3) is 0 Å². The molecule has 0 aliphatic rings. The molecule has 0 rings (SSSR count). The zero-order chi connectivity index (χ0) is 55.0. The van der Waals surface area contributed by atoms with E-state index in [4.69, 9.17) is 13.8 Å². The van der Waals surface area contributed by atoms with Crippen LogP contribution in [0.1, 0.15) is 316 Å². The number of allylic oxidation sites excluding steroid dienone is 5. The van der Waals surface area contributed by atoms with Crippen molar-refractivity contribution in [2.75, 3.05) is 40.9 Å². The van der Waals surface area contributed by atoms with Gasteiger partial charge in [0.2, 0.25) is 5.91 Å². The van der Waals surface area contributed by atoms with Crippen molar-refractivity contribution in [3.63, 3.8) is 0 Å². The van der Waals surface area contributed by atoms with Crippen molar-refractivity contribution < 1.29 is 37.3 Å². The van der Waals surface area contributed by atoms with Crippen molar-refractivity contribution in [3.8, 4) is 0 Å². The first-order chi connectivity index (χ1) is 36.4. The molecule has 1 amide bonds. The van der Waals surface area contributed by atoms with E-state index in [2.05, 4.69) is 50.4 Å². The summed E-state index contributed by atoms with van der Waals surface area (Å²) in [6.07, 6.45) is 67.3. The summed E-state index contributed by atoms with van der Waals surface area (Å²) in [5.41, 5.74) is 0. The second kappa shape index (κ2) is 55.5. The second-order valence-corrected chi connectivity index (χ2v) is 24.7. The number of nitrogens with one attached hydrogen (secondary N) is 1. The lowest BCUT2D eigenvalue weighted by atomic mass is 10.0. The van der Waals surface area contributed by atoms with Gasteiger partial charge in [0.05, 0.1) is 33.8 Å². The van der Waals surface area contributed by atoms with E-state index in [0.29, 0.717) is 23.9 Å². The Kier molecular flexibility index (Phi) is 54.2. The molecule has 0 radical (unpaired) electrons. The van der Waals surface area contributed by atoms with E-state index >= 15 is 0 Å². The van der Waals surface area contributed by atoms with Gasteiger partial charge >= 0.3 is 13.8 Å². The third-order valence-corrected chi connectivity index (χ3v) is 15.5. The van der Waals surface area contributed by atoms with Crippen molar-refractivity contribution in [2.45, 2.75) is 328 Å². The molecule has 2 N–H and O–H groups in total. The summed E-state index contributed by atoms with van der Waals surface area (Å²) in [6.45, 7) is 7.00. The van der Waals surface area contributed by atoms with Crippen LogP contribution in [0.15, 0.2) is 36.5 Å². The predicted octanol–water partition coefficient (Wildman–Crippen LogP) is 19.9. The fraction of sp³-hybridized carbons (Fsp3) is 0.877. The normalized spacial score (nSPS) is 13.9. The molecule has 75 heavy (non-hydrogen) atoms. The van der Waals surface area contributed by atoms with E-state index in [9.17, 15) is 19.0 Å². The fourth-order valence-corrected chi connectivity index (χ4v) is 10.2. The van der Waals surface area contributed by atoms with E-state index in [0.717, 1.165) is 83.5 Å². The number of unbranched alkanes of at least 4 members (excludes halogenated alkanes) is 39. The maximum Gasteiger partial charge on any atom is 0.472 e. The molecule has 0 aromatic carbocycles. The van der Waals surface area contributed by atoms with Gasteiger partial charge in [-0.15, -0.1) is 0 Å². The molecule has 0 fully saturated rings. The number of carbonyl (C=O) groups excluding carboxylic acids is 2. The molecule has 442 valence electrons. The monoisotopic (exact) mass is 1080 g/mol. The SMILES string of the molecule is CCCC/C=C\CCCCCCCC(=O)NC(COP(=O)(O)OCC[N+](C)(C)C)C(/C=C\CCCCCCCCCCCCC)OC(=O)CCCCCCCCCCCCCCCCC/C=C/CCCCCCCC. The van der Waals surface area contributed by atoms with Crippen molar-refractivity contribution in [1.29, 1.82) is 0 Å². The van der Waals surface area contributed by atoms with Gasteiger partial charge in [-0.3, -0.25) is 18.6 Å². The summed E-state index contributed by atoms with van der Waals surface area (Å²) in [5.74, 6) is -0.504. The van der Waals surface area contributed by atoms with Crippen molar-refractivity contribution >= 4 is 19.7 Å². The van der Waals surface area contributed by atoms with E-state index in [1.807, 2.05) is 33.3 Å². The summed E-state index contributed by atoms with van der Waals surface area (Å²) in [7, 11) is 1.50. The third-order valence-electron chi connectivity index (χ3n) is 14.6. The number of quaternary nitrogens is 1. The maximum absolute atomic E-state index is 13.5. The summed E-state index contributed by atoms with van der Waals surface area (Å²) >= 11 is 0. The highest BCUT2D eigenvalue weighted by Gasteiger charge is 2.30. The van der Waals surface area contributed by atoms with Gasteiger partial charge in [-0.25, -0.2) is 4.57 Å². The van der Waals surface area contributed by atoms with E-state index in [1.54, 1.807) is 0 Å². The Bertz CT molecular complexity index is 1380. The minimum atomic E-state index is -4.44. The van der Waals surface area contributed by atoms with Crippen LogP contribution in [0.4, 0.5) is 0 Å². The third kappa shape index (κ3) is 56.8. The molecule has 0 saturated carbocycles. The number of hydrogen-bond acceptors (Lipinski definition) is 6. The summed E-state index contributed by atoms with van der Waals surface area (Å²) in [6, 6.07) is -0.848. The number of phosphoric acid groups is 1. The minimum absolute atomic E-state index is 0.0407. The van der Waals surface area contributed by atoms with Gasteiger partial charge < -0.3 is 19.4 Å². The number of hydrogen-bond donors (Lipinski definition) is 2. The Morgan fingerprint density at radius 1 is 0.453 bits per heavy atom. The topological polar surface area (TPSA) is 111 Å². The number of likely N-dealkylation sites (N-methyl/N-ethyl adjacent to an activating group) is 1. The molecule has 0 heterocycles. The van der Waals surface area contributed by atoms with Crippen molar-refractivity contribution in [3.05, 3.63) is 36.5 Å². The summed E-state index contributed by atoms with van der Waals surface area (Å²) in [4.78, 5) is 37.7. The number of esters is 1. The highest BCUT2D eigenvalue weighted by atomic mass is 31.2. The molecule has 0 aliphatic carbocycles. The Morgan fingerprint density at radius 2 is 0.787 bits per heavy atom. The molecule has 0 bridgehead atoms. The van der Waals surface area contributed by atoms with Gasteiger partial charge in [-0.1, -0.05) is 263 Å². The first-order valence-corrected chi connectivity index (χ1v) is 33.8. The predicted molar refractivity (Wildman–Crippen MR) is 323 cm³/mol. The Morgan fingerprint density at radius 3 is 1.17 bits per heavy atom. The number of phosphoric ester groups is 1. The molecule has 10 heteroatoms. The molecular formula is C65H126N2O7P+. The summed E-state index contributed by atoms with van der Waals surface area (Å²) < 4.78 is 30.7. The molecule has 0 spiro atoms. The Hall–Kier alpha value is -1.77. The first kappa shape index (κ1) is 73.2. The highest BCUT2D eigenvalue weighted by Crippen LogP contribution is 2.43. The lowest BCUT2D eigenvalue weighted by Crippen LogP contribution is -2.47. The van der Waals surface area contributed by atoms with Crippen LogP contribution < -0.4 is 5.32 Å². The average molecular weight is 1080 g/mol. The van der Waals surface area contributed by atoms with Crippen LogP contribution in [-0.2, 0) is 27.9 Å². The molecule has 0 aromatic rings. The summed E-state index contributed by atoms with van der Waals surface area (Å²) in [5, 5.41) is 3.05. The average Bonchev–Trinajstić information content (AvgIpc) is 3.37. The van der Waals surface area contributed by atoms with Crippen LogP contribution in [0.5, 0.6) is 0 Å². The quantitative estimate of drug-likeness (QED) is 0.0205. The molecule has 9 nitrogen and oxygen atoms in total. The van der Waals surface area contributed by atoms with Crippen LogP contribution in [0, 0.1) is 0 Å². The zero-order valence-corrected chi connectivity index (χ0v) is 51.5. The van der Waals surface area contributed by atoms with Crippen molar-refractivity contribution in [2.24, 2.45) is 0 Å². The van der Waals surface area contributed by atoms with Crippen LogP contribution in [0.3, 0.4) is 0 Å². The van der Waals surface area contributed by atoms with Gasteiger partial charge in [-0.2, -0.15) is 0 Å². The van der Waals surface area contributed by atoms with Crippen LogP contribution >= 0.6 is 7.82 Å². The first-order valence-electron chi connectivity index (χ1n) is 32.3. The van der Waals surface area contributed by atoms with Crippen LogP contribution in [-0.4, -0.2) is 74.3 Å². The Balaban J connectivity index is 5.04. The van der Waals surface area contributed by atoms with Crippen molar-refractivity contribution in [1.82, 2.24) is 5.32 Å². The smallest absolute Gasteiger partial charge is 0.456 e. The molecular weight excluding hydrogens is 952 g/mol. The van der Waals surface area contributed by atoms with E-state index in [-0.39, 0.29) is 25.1 Å². The largest absolute Gasteiger partial charge is 0.472 e. The lowest BCUT2D eigenvalue weighted by Gasteiger charge is -2.27. The standard InChI is InChI=1S/C65H125N2O7P/c1-7-10-13-16-19-22-25-27-28-29-30-31-32-33-34-35-36-37-38-40-43-46-49-52-55-58-65(69)74-63(56-53-50-47-44-42-39-26-23-20-17-14-11-8-2)62(61-73-75(70,71)72-60-59-67(4,5)6)66-64(68)57-54-51-48-45-41-24-21-18-15-12-9-3/h18,21,27-28,53,56,62-63H,7-17,19-20,22-26,29-52,54-55,57-61H2,1-6H3,(H-,66,68,70,71)/p+1/b21-18-,28-27+,56-53-. The van der Waals surface area contributed by atoms with Gasteiger partial charge in [0.15, 0.2) is 0 Å². The number of carbonyl (C=O) groups is 2. The van der Waals surface area contributed by atoms with E-state index < -0.39 is 20.0 Å². The molecule has 3 atom stereocenters. The number of amides is 1. The molecule has 0 aliphatic heterocycles. The maximum atomic E-state index is 13.5. The lowest BCUT2D eigenvalue weighted by molar-refractivity contribution is -0.870. The second-order valence-electron chi connectivity index (χ2n) is 23.3. The fourth-order valence-electron chi connectivity index (χ4n) is 9.51. The molecule has 0 aromatic heterocycles. The van der Waals surface area contributed by atoms with Gasteiger partial charge in [0, 0.05) is 12.8 Å². The van der Waals surface area contributed by atoms with E-state index in [1.165, 1.54) is 199 Å². The number of rotatable bonds is 59. The van der Waals surface area contributed by atoms with Gasteiger partial charge in [0.1, 0.15) is 19.3 Å². The molecule has 3 unspecified atom stereocenters. The van der Waals surface area contributed by atoms with Gasteiger partial charge in [0.25, 0.3) is 0 Å². The van der Waals surface area contributed by atoms with Gasteiger partial charge in [-0.05, 0) is 76.7 Å². The Labute approximate surface area is 466 Å². The zero-order valence-electron chi connectivity index (χ0n) is 50.6. The van der Waals surface area contributed by atoms with Crippen LogP contribution in [0.2, 0.25) is 0 Å². The number of ether oxygens (including phenoxy) is 1. The highest BCUT2D eigenvalue weighted by molar-refractivity contribution is 7.47. The molecule has 0 saturated heterocycles. The number of nitrogens with zero attached hydrogens (tertiary/aromatic N) is 1.